The summed E-state index contributed by atoms with van der Waals surface area (Å²) in [5, 5.41) is 28.3. The van der Waals surface area contributed by atoms with Gasteiger partial charge in [0.05, 0.1) is 18.0 Å². The average Bonchev–Trinajstić information content (AvgIpc) is 2.17. The van der Waals surface area contributed by atoms with E-state index in [0.29, 0.717) is 0 Å². The maximum Gasteiger partial charge on any atom is 0.264 e. The molecular formula is C8H16O7S. The van der Waals surface area contributed by atoms with E-state index in [1.54, 1.807) is 0 Å². The normalized spacial score (nSPS) is 40.9. The van der Waals surface area contributed by atoms with Crippen LogP contribution in [0, 0.1) is 0 Å². The Kier molecular flexibility index (Phi) is 4.27. The fourth-order valence-electron chi connectivity index (χ4n) is 1.64. The Morgan fingerprint density at radius 1 is 1.12 bits per heavy atom. The summed E-state index contributed by atoms with van der Waals surface area (Å²) in [5.74, 6) is -0.565. The molecule has 16 heavy (non-hydrogen) atoms. The molecule has 1 aliphatic heterocycles. The molecule has 7 nitrogen and oxygen atoms in total. The standard InChI is InChI=1S/C8H16O7S/c1-4-6(9)8(11)7(10)5(15-4)2-3-16(12,13)14/h4-11H,2-3H2,1H3,(H,12,13,14)/t4?,5-,6-,7-,8-/m1/s1. The van der Waals surface area contributed by atoms with Crippen molar-refractivity contribution in [2.75, 3.05) is 5.75 Å². The molecule has 96 valence electrons. The molecule has 0 aliphatic carbocycles. The molecule has 0 aromatic rings. The van der Waals surface area contributed by atoms with Gasteiger partial charge in [-0.1, -0.05) is 0 Å². The van der Waals surface area contributed by atoms with Crippen molar-refractivity contribution in [3.63, 3.8) is 0 Å². The molecule has 1 fully saturated rings. The maximum absolute atomic E-state index is 10.5. The van der Waals surface area contributed by atoms with Gasteiger partial charge < -0.3 is 20.1 Å². The Morgan fingerprint density at radius 2 is 1.69 bits per heavy atom. The van der Waals surface area contributed by atoms with Crippen LogP contribution in [0.1, 0.15) is 13.3 Å². The van der Waals surface area contributed by atoms with Crippen LogP contribution in [0.5, 0.6) is 0 Å². The van der Waals surface area contributed by atoms with E-state index < -0.39 is 46.4 Å². The number of aliphatic hydroxyl groups is 3. The Bertz CT molecular complexity index is 327. The first-order valence-corrected chi connectivity index (χ1v) is 6.48. The monoisotopic (exact) mass is 256 g/mol. The molecule has 0 radical (unpaired) electrons. The molecule has 1 heterocycles. The van der Waals surface area contributed by atoms with Gasteiger partial charge in [0, 0.05) is 0 Å². The third kappa shape index (κ3) is 3.37. The smallest absolute Gasteiger partial charge is 0.264 e. The van der Waals surface area contributed by atoms with Gasteiger partial charge in [-0.2, -0.15) is 8.42 Å². The van der Waals surface area contributed by atoms with Gasteiger partial charge in [0.15, 0.2) is 0 Å². The maximum atomic E-state index is 10.5. The predicted molar refractivity (Wildman–Crippen MR) is 53.4 cm³/mol. The first-order chi connectivity index (χ1) is 7.22. The SMILES string of the molecule is CC1O[C@H](CCS(=O)(=O)O)[C@@H](O)[C@H](O)[C@@H]1O. The molecule has 4 N–H and O–H groups in total. The first kappa shape index (κ1) is 13.8. The molecule has 0 bridgehead atoms. The van der Waals surface area contributed by atoms with Gasteiger partial charge in [0.1, 0.15) is 18.3 Å². The molecule has 1 rings (SSSR count). The fraction of sp³-hybridized carbons (Fsp3) is 1.00. The van der Waals surface area contributed by atoms with Crippen molar-refractivity contribution < 1.29 is 33.0 Å². The molecule has 0 aromatic carbocycles. The topological polar surface area (TPSA) is 124 Å². The van der Waals surface area contributed by atoms with Crippen LogP contribution in [0.4, 0.5) is 0 Å². The molecule has 1 aliphatic rings. The minimum atomic E-state index is -4.13. The lowest BCUT2D eigenvalue weighted by Crippen LogP contribution is -2.56. The van der Waals surface area contributed by atoms with Gasteiger partial charge in [0.25, 0.3) is 10.1 Å². The summed E-state index contributed by atoms with van der Waals surface area (Å²) in [6, 6.07) is 0. The van der Waals surface area contributed by atoms with Crippen molar-refractivity contribution in [3.05, 3.63) is 0 Å². The summed E-state index contributed by atoms with van der Waals surface area (Å²) in [6.45, 7) is 1.50. The van der Waals surface area contributed by atoms with E-state index in [1.807, 2.05) is 0 Å². The fourth-order valence-corrected chi connectivity index (χ4v) is 2.17. The highest BCUT2D eigenvalue weighted by molar-refractivity contribution is 7.85. The third-order valence-corrected chi connectivity index (χ3v) is 3.36. The van der Waals surface area contributed by atoms with Gasteiger partial charge in [-0.15, -0.1) is 0 Å². The minimum absolute atomic E-state index is 0.145. The van der Waals surface area contributed by atoms with Crippen LogP contribution >= 0.6 is 0 Å². The first-order valence-electron chi connectivity index (χ1n) is 4.87. The Hall–Kier alpha value is -0.250. The lowest BCUT2D eigenvalue weighted by Gasteiger charge is -2.39. The van der Waals surface area contributed by atoms with Gasteiger partial charge >= 0.3 is 0 Å². The van der Waals surface area contributed by atoms with Gasteiger partial charge in [-0.05, 0) is 13.3 Å². The van der Waals surface area contributed by atoms with Crippen molar-refractivity contribution in [1.29, 1.82) is 0 Å². The number of ether oxygens (including phenoxy) is 1. The van der Waals surface area contributed by atoms with E-state index >= 15 is 0 Å². The van der Waals surface area contributed by atoms with Crippen molar-refractivity contribution in [1.82, 2.24) is 0 Å². The van der Waals surface area contributed by atoms with E-state index in [0.717, 1.165) is 0 Å². The molecule has 0 spiro atoms. The molecule has 1 unspecified atom stereocenters. The van der Waals surface area contributed by atoms with Gasteiger partial charge in [0.2, 0.25) is 0 Å². The zero-order valence-electron chi connectivity index (χ0n) is 8.72. The average molecular weight is 256 g/mol. The lowest BCUT2D eigenvalue weighted by molar-refractivity contribution is -0.217. The molecule has 8 heteroatoms. The number of aliphatic hydroxyl groups excluding tert-OH is 3. The van der Waals surface area contributed by atoms with Crippen LogP contribution in [-0.2, 0) is 14.9 Å². The Morgan fingerprint density at radius 3 is 2.19 bits per heavy atom. The van der Waals surface area contributed by atoms with E-state index in [2.05, 4.69) is 0 Å². The summed E-state index contributed by atoms with van der Waals surface area (Å²) < 4.78 is 34.7. The van der Waals surface area contributed by atoms with E-state index in [1.165, 1.54) is 6.92 Å². The Labute approximate surface area is 93.4 Å². The third-order valence-electron chi connectivity index (χ3n) is 2.61. The summed E-state index contributed by atoms with van der Waals surface area (Å²) in [4.78, 5) is 0. The lowest BCUT2D eigenvalue weighted by atomic mass is 9.94. The summed E-state index contributed by atoms with van der Waals surface area (Å²) in [5.41, 5.74) is 0. The zero-order valence-corrected chi connectivity index (χ0v) is 9.54. The van der Waals surface area contributed by atoms with Crippen LogP contribution in [-0.4, -0.2) is 64.6 Å². The molecule has 0 amide bonds. The van der Waals surface area contributed by atoms with E-state index in [9.17, 15) is 23.7 Å². The summed E-state index contributed by atoms with van der Waals surface area (Å²) >= 11 is 0. The van der Waals surface area contributed by atoms with Crippen molar-refractivity contribution >= 4 is 10.1 Å². The van der Waals surface area contributed by atoms with Crippen LogP contribution in [0.25, 0.3) is 0 Å². The summed E-state index contributed by atoms with van der Waals surface area (Å²) in [6.07, 6.45) is -5.73. The van der Waals surface area contributed by atoms with Crippen LogP contribution < -0.4 is 0 Å². The van der Waals surface area contributed by atoms with Crippen LogP contribution in [0.3, 0.4) is 0 Å². The second-order valence-corrected chi connectivity index (χ2v) is 5.50. The zero-order chi connectivity index (χ0) is 12.5. The van der Waals surface area contributed by atoms with E-state index in [4.69, 9.17) is 9.29 Å². The number of hydrogen-bond acceptors (Lipinski definition) is 6. The van der Waals surface area contributed by atoms with Crippen molar-refractivity contribution in [3.8, 4) is 0 Å². The highest BCUT2D eigenvalue weighted by Crippen LogP contribution is 2.23. The quantitative estimate of drug-likeness (QED) is 0.436. The van der Waals surface area contributed by atoms with Crippen LogP contribution in [0.2, 0.25) is 0 Å². The highest BCUT2D eigenvalue weighted by atomic mass is 32.2. The Balaban J connectivity index is 2.61. The highest BCUT2D eigenvalue weighted by Gasteiger charge is 2.41. The molecular weight excluding hydrogens is 240 g/mol. The second kappa shape index (κ2) is 4.94. The van der Waals surface area contributed by atoms with Crippen molar-refractivity contribution in [2.45, 2.75) is 43.9 Å². The molecule has 0 saturated carbocycles. The summed E-state index contributed by atoms with van der Waals surface area (Å²) in [7, 11) is -4.13. The molecule has 5 atom stereocenters. The second-order valence-electron chi connectivity index (χ2n) is 3.93. The van der Waals surface area contributed by atoms with Crippen molar-refractivity contribution in [2.24, 2.45) is 0 Å². The van der Waals surface area contributed by atoms with Gasteiger partial charge in [-0.3, -0.25) is 4.55 Å². The predicted octanol–water partition coefficient (Wildman–Crippen LogP) is -1.87. The minimum Gasteiger partial charge on any atom is -0.388 e. The largest absolute Gasteiger partial charge is 0.388 e. The molecule has 1 saturated heterocycles. The number of rotatable bonds is 3. The molecule has 0 aromatic heterocycles. The van der Waals surface area contributed by atoms with Gasteiger partial charge in [-0.25, -0.2) is 0 Å². The van der Waals surface area contributed by atoms with E-state index in [-0.39, 0.29) is 6.42 Å². The number of hydrogen-bond donors (Lipinski definition) is 4. The van der Waals surface area contributed by atoms with Crippen LogP contribution in [0.15, 0.2) is 0 Å².